The predicted octanol–water partition coefficient (Wildman–Crippen LogP) is 2.67. The van der Waals surface area contributed by atoms with E-state index in [0.29, 0.717) is 0 Å². The maximum atomic E-state index is 3.26. The molecular weight excluding hydrogens is 132 g/mol. The number of aryl methyl sites for hydroxylation is 3. The van der Waals surface area contributed by atoms with Crippen LogP contribution in [0.5, 0.6) is 0 Å². The molecule has 0 aromatic heterocycles. The molecule has 0 heteroatoms. The summed E-state index contributed by atoms with van der Waals surface area (Å²) >= 11 is 0. The Balaban J connectivity index is 2.43. The second-order valence-corrected chi connectivity index (χ2v) is 3.37. The Hall–Kier alpha value is -0.780. The summed E-state index contributed by atoms with van der Waals surface area (Å²) in [6.07, 6.45) is 5.29. The lowest BCUT2D eigenvalue weighted by Crippen LogP contribution is -2.02. The summed E-state index contributed by atoms with van der Waals surface area (Å²) in [5.41, 5.74) is 4.38. The van der Waals surface area contributed by atoms with Crippen LogP contribution in [-0.2, 0) is 12.8 Å². The number of hydrogen-bond donors (Lipinski definition) is 0. The van der Waals surface area contributed by atoms with Crippen LogP contribution in [0.1, 0.15) is 29.5 Å². The lowest BCUT2D eigenvalue weighted by Gasteiger charge is -2.15. The molecule has 0 bridgehead atoms. The Morgan fingerprint density at radius 3 is 2.73 bits per heavy atom. The summed E-state index contributed by atoms with van der Waals surface area (Å²) in [4.78, 5) is 0. The van der Waals surface area contributed by atoms with E-state index in [1.165, 1.54) is 36.8 Å². The third-order valence-corrected chi connectivity index (χ3v) is 2.42. The molecule has 0 atom stereocenters. The van der Waals surface area contributed by atoms with E-state index in [-0.39, 0.29) is 0 Å². The topological polar surface area (TPSA) is 0 Å². The smallest absolute Gasteiger partial charge is 0.0149 e. The minimum atomic E-state index is 1.27. The lowest BCUT2D eigenvalue weighted by molar-refractivity contribution is 0.685. The molecule has 0 fully saturated rings. The second kappa shape index (κ2) is 2.69. The molecule has 1 radical (unpaired) electrons. The molecule has 0 heterocycles. The molecule has 1 aliphatic rings. The first-order valence-corrected chi connectivity index (χ1v) is 4.36. The van der Waals surface area contributed by atoms with E-state index in [1.807, 2.05) is 0 Å². The molecule has 0 saturated carbocycles. The van der Waals surface area contributed by atoms with Gasteiger partial charge in [0.15, 0.2) is 0 Å². The molecule has 0 aliphatic heterocycles. The first-order valence-electron chi connectivity index (χ1n) is 4.36. The van der Waals surface area contributed by atoms with Crippen LogP contribution in [-0.4, -0.2) is 0 Å². The van der Waals surface area contributed by atoms with E-state index in [2.05, 4.69) is 25.1 Å². The Kier molecular flexibility index (Phi) is 1.69. The average molecular weight is 145 g/mol. The minimum absolute atomic E-state index is 1.27. The van der Waals surface area contributed by atoms with Crippen LogP contribution in [0.4, 0.5) is 0 Å². The SMILES string of the molecule is Cc1[c]cc2c(c1)CCCC2. The first-order chi connectivity index (χ1) is 5.36. The van der Waals surface area contributed by atoms with Gasteiger partial charge in [0.25, 0.3) is 0 Å². The zero-order valence-corrected chi connectivity index (χ0v) is 6.98. The van der Waals surface area contributed by atoms with Gasteiger partial charge in [-0.3, -0.25) is 0 Å². The van der Waals surface area contributed by atoms with Crippen molar-refractivity contribution in [2.24, 2.45) is 0 Å². The summed E-state index contributed by atoms with van der Waals surface area (Å²) in [7, 11) is 0. The second-order valence-electron chi connectivity index (χ2n) is 3.37. The van der Waals surface area contributed by atoms with Crippen LogP contribution in [0, 0.1) is 13.0 Å². The van der Waals surface area contributed by atoms with Crippen LogP contribution in [0.3, 0.4) is 0 Å². The Morgan fingerprint density at radius 1 is 1.18 bits per heavy atom. The van der Waals surface area contributed by atoms with Crippen molar-refractivity contribution >= 4 is 0 Å². The summed E-state index contributed by atoms with van der Waals surface area (Å²) in [6, 6.07) is 7.72. The van der Waals surface area contributed by atoms with Crippen LogP contribution in [0.25, 0.3) is 0 Å². The van der Waals surface area contributed by atoms with Gasteiger partial charge in [-0.05, 0) is 55.4 Å². The predicted molar refractivity (Wildman–Crippen MR) is 46.7 cm³/mol. The molecule has 0 amide bonds. The van der Waals surface area contributed by atoms with Crippen molar-refractivity contribution in [3.05, 3.63) is 34.9 Å². The largest absolute Gasteiger partial charge is 0.0552 e. The monoisotopic (exact) mass is 145 g/mol. The van der Waals surface area contributed by atoms with E-state index in [9.17, 15) is 0 Å². The van der Waals surface area contributed by atoms with Crippen LogP contribution >= 0.6 is 0 Å². The van der Waals surface area contributed by atoms with Crippen molar-refractivity contribution in [2.75, 3.05) is 0 Å². The van der Waals surface area contributed by atoms with Gasteiger partial charge in [0.2, 0.25) is 0 Å². The van der Waals surface area contributed by atoms with Crippen molar-refractivity contribution < 1.29 is 0 Å². The Labute approximate surface area is 68.3 Å². The highest BCUT2D eigenvalue weighted by molar-refractivity contribution is 5.32. The molecule has 2 rings (SSSR count). The van der Waals surface area contributed by atoms with Crippen molar-refractivity contribution in [1.82, 2.24) is 0 Å². The van der Waals surface area contributed by atoms with Crippen molar-refractivity contribution in [3.8, 4) is 0 Å². The maximum absolute atomic E-state index is 3.26. The van der Waals surface area contributed by atoms with Gasteiger partial charge in [-0.25, -0.2) is 0 Å². The third-order valence-electron chi connectivity index (χ3n) is 2.42. The Bertz CT molecular complexity index is 261. The molecule has 0 spiro atoms. The van der Waals surface area contributed by atoms with Crippen LogP contribution in [0.2, 0.25) is 0 Å². The van der Waals surface area contributed by atoms with E-state index >= 15 is 0 Å². The van der Waals surface area contributed by atoms with E-state index in [4.69, 9.17) is 0 Å². The summed E-state index contributed by atoms with van der Waals surface area (Å²) in [5.74, 6) is 0. The number of fused-ring (bicyclic) bond motifs is 1. The quantitative estimate of drug-likeness (QED) is 0.526. The fourth-order valence-electron chi connectivity index (χ4n) is 1.79. The molecule has 57 valence electrons. The van der Waals surface area contributed by atoms with Gasteiger partial charge in [0.1, 0.15) is 0 Å². The molecule has 0 unspecified atom stereocenters. The van der Waals surface area contributed by atoms with Gasteiger partial charge in [-0.2, -0.15) is 0 Å². The van der Waals surface area contributed by atoms with Crippen molar-refractivity contribution in [2.45, 2.75) is 32.6 Å². The minimum Gasteiger partial charge on any atom is -0.0552 e. The number of benzene rings is 1. The van der Waals surface area contributed by atoms with E-state index in [0.717, 1.165) is 0 Å². The lowest BCUT2D eigenvalue weighted by atomic mass is 9.91. The molecular formula is C11H13. The number of rotatable bonds is 0. The van der Waals surface area contributed by atoms with Gasteiger partial charge in [0, 0.05) is 0 Å². The molecule has 1 aromatic rings. The van der Waals surface area contributed by atoms with Crippen LogP contribution in [0.15, 0.2) is 12.1 Å². The van der Waals surface area contributed by atoms with Crippen LogP contribution < -0.4 is 0 Å². The van der Waals surface area contributed by atoms with Crippen molar-refractivity contribution in [1.29, 1.82) is 0 Å². The van der Waals surface area contributed by atoms with Gasteiger partial charge in [-0.1, -0.05) is 12.1 Å². The first kappa shape index (κ1) is 6.90. The fraction of sp³-hybridized carbons (Fsp3) is 0.455. The molecule has 11 heavy (non-hydrogen) atoms. The summed E-state index contributed by atoms with van der Waals surface area (Å²) in [6.45, 7) is 2.12. The third kappa shape index (κ3) is 1.30. The summed E-state index contributed by atoms with van der Waals surface area (Å²) in [5, 5.41) is 0. The standard InChI is InChI=1S/C11H13/c1-9-6-7-10-4-2-3-5-11(10)8-9/h7-8H,2-5H2,1H3. The zero-order valence-electron chi connectivity index (χ0n) is 6.98. The van der Waals surface area contributed by atoms with Gasteiger partial charge in [-0.15, -0.1) is 0 Å². The Morgan fingerprint density at radius 2 is 1.91 bits per heavy atom. The average Bonchev–Trinajstić information content (AvgIpc) is 2.04. The highest BCUT2D eigenvalue weighted by Gasteiger charge is 2.07. The molecule has 1 aliphatic carbocycles. The number of hydrogen-bond acceptors (Lipinski definition) is 0. The zero-order chi connectivity index (χ0) is 7.68. The molecule has 0 saturated heterocycles. The highest BCUT2D eigenvalue weighted by Crippen LogP contribution is 2.21. The van der Waals surface area contributed by atoms with E-state index in [1.54, 1.807) is 5.56 Å². The van der Waals surface area contributed by atoms with E-state index < -0.39 is 0 Å². The summed E-state index contributed by atoms with van der Waals surface area (Å²) < 4.78 is 0. The molecule has 0 N–H and O–H groups in total. The maximum Gasteiger partial charge on any atom is -0.0149 e. The highest BCUT2D eigenvalue weighted by atomic mass is 14.1. The van der Waals surface area contributed by atoms with Crippen molar-refractivity contribution in [3.63, 3.8) is 0 Å². The van der Waals surface area contributed by atoms with Gasteiger partial charge < -0.3 is 0 Å². The molecule has 1 aromatic carbocycles. The normalized spacial score (nSPS) is 16.1. The van der Waals surface area contributed by atoms with Gasteiger partial charge >= 0.3 is 0 Å². The van der Waals surface area contributed by atoms with Gasteiger partial charge in [0.05, 0.1) is 0 Å². The molecule has 0 nitrogen and oxygen atoms in total. The fourth-order valence-corrected chi connectivity index (χ4v) is 1.79.